The number of aliphatic carboxylic acids is 1. The molecule has 0 aromatic carbocycles. The third kappa shape index (κ3) is 4.47. The Hall–Kier alpha value is -1.10. The fourth-order valence-corrected chi connectivity index (χ4v) is 3.28. The van der Waals surface area contributed by atoms with Gasteiger partial charge in [0.05, 0.1) is 6.54 Å². The third-order valence-corrected chi connectivity index (χ3v) is 4.50. The summed E-state index contributed by atoms with van der Waals surface area (Å²) in [6.45, 7) is 2.83. The summed E-state index contributed by atoms with van der Waals surface area (Å²) in [6.07, 6.45) is 8.26. The molecule has 0 spiro atoms. The van der Waals surface area contributed by atoms with Gasteiger partial charge in [0.15, 0.2) is 0 Å². The Morgan fingerprint density at radius 2 is 1.45 bits per heavy atom. The minimum absolute atomic E-state index is 0.0887. The van der Waals surface area contributed by atoms with E-state index in [4.69, 9.17) is 5.11 Å². The van der Waals surface area contributed by atoms with Crippen LogP contribution in [0.3, 0.4) is 0 Å². The van der Waals surface area contributed by atoms with Crippen molar-refractivity contribution in [2.24, 2.45) is 5.92 Å². The van der Waals surface area contributed by atoms with Crippen LogP contribution in [0.2, 0.25) is 0 Å². The van der Waals surface area contributed by atoms with Crippen molar-refractivity contribution in [2.45, 2.75) is 44.9 Å². The monoisotopic (exact) mass is 282 g/mol. The lowest BCUT2D eigenvalue weighted by atomic mass is 9.90. The van der Waals surface area contributed by atoms with E-state index in [9.17, 15) is 9.59 Å². The molecule has 114 valence electrons. The molecule has 1 aliphatic heterocycles. The Kier molecular flexibility index (Phi) is 5.83. The number of carboxylic acid groups (broad SMARTS) is 1. The molecule has 0 aromatic rings. The second-order valence-electron chi connectivity index (χ2n) is 6.04. The lowest BCUT2D eigenvalue weighted by molar-refractivity contribution is -0.140. The van der Waals surface area contributed by atoms with E-state index in [1.165, 1.54) is 32.1 Å². The quantitative estimate of drug-likeness (QED) is 0.853. The zero-order chi connectivity index (χ0) is 14.4. The second kappa shape index (κ2) is 7.62. The van der Waals surface area contributed by atoms with Crippen LogP contribution < -0.4 is 0 Å². The van der Waals surface area contributed by atoms with Crippen LogP contribution in [0.5, 0.6) is 0 Å². The van der Waals surface area contributed by atoms with E-state index < -0.39 is 5.97 Å². The van der Waals surface area contributed by atoms with Crippen LogP contribution in [0.25, 0.3) is 0 Å². The maximum absolute atomic E-state index is 12.5. The van der Waals surface area contributed by atoms with Crippen molar-refractivity contribution < 1.29 is 14.7 Å². The van der Waals surface area contributed by atoms with Crippen molar-refractivity contribution in [1.29, 1.82) is 0 Å². The molecule has 0 bridgehead atoms. The fourth-order valence-electron chi connectivity index (χ4n) is 3.28. The van der Waals surface area contributed by atoms with Crippen molar-refractivity contribution in [3.63, 3.8) is 0 Å². The summed E-state index contributed by atoms with van der Waals surface area (Å²) in [5, 5.41) is 8.78. The Morgan fingerprint density at radius 1 is 0.900 bits per heavy atom. The molecule has 0 aromatic heterocycles. The molecule has 2 aliphatic rings. The van der Waals surface area contributed by atoms with Gasteiger partial charge in [0.25, 0.3) is 0 Å². The van der Waals surface area contributed by atoms with Crippen LogP contribution in [0, 0.1) is 5.92 Å². The molecule has 2 rings (SSSR count). The van der Waals surface area contributed by atoms with Crippen molar-refractivity contribution in [2.75, 3.05) is 32.7 Å². The SMILES string of the molecule is O=C(O)CN1CCN(C(=O)C2CCCCCCC2)CC1. The van der Waals surface area contributed by atoms with Crippen LogP contribution in [0.1, 0.15) is 44.9 Å². The number of carbonyl (C=O) groups is 2. The molecule has 1 saturated heterocycles. The number of rotatable bonds is 3. The molecular weight excluding hydrogens is 256 g/mol. The van der Waals surface area contributed by atoms with Gasteiger partial charge in [-0.1, -0.05) is 32.1 Å². The summed E-state index contributed by atoms with van der Waals surface area (Å²) in [4.78, 5) is 27.1. The van der Waals surface area contributed by atoms with Gasteiger partial charge in [-0.05, 0) is 12.8 Å². The lowest BCUT2D eigenvalue weighted by Crippen LogP contribution is -2.51. The maximum atomic E-state index is 12.5. The third-order valence-electron chi connectivity index (χ3n) is 4.50. The van der Waals surface area contributed by atoms with Crippen LogP contribution in [-0.2, 0) is 9.59 Å². The van der Waals surface area contributed by atoms with Gasteiger partial charge in [-0.15, -0.1) is 0 Å². The first-order chi connectivity index (χ1) is 9.66. The topological polar surface area (TPSA) is 60.9 Å². The van der Waals surface area contributed by atoms with E-state index in [-0.39, 0.29) is 12.5 Å². The molecular formula is C15H26N2O3. The van der Waals surface area contributed by atoms with Crippen molar-refractivity contribution in [3.05, 3.63) is 0 Å². The average Bonchev–Trinajstić information content (AvgIpc) is 2.38. The Balaban J connectivity index is 1.79. The summed E-state index contributed by atoms with van der Waals surface area (Å²) in [5.74, 6) is -0.270. The number of hydrogen-bond donors (Lipinski definition) is 1. The Bertz CT molecular complexity index is 330. The molecule has 20 heavy (non-hydrogen) atoms. The molecule has 0 radical (unpaired) electrons. The van der Waals surface area contributed by atoms with Crippen molar-refractivity contribution >= 4 is 11.9 Å². The van der Waals surface area contributed by atoms with E-state index in [0.717, 1.165) is 12.8 Å². The highest BCUT2D eigenvalue weighted by Crippen LogP contribution is 2.24. The number of piperazine rings is 1. The van der Waals surface area contributed by atoms with E-state index in [1.807, 2.05) is 9.80 Å². The zero-order valence-corrected chi connectivity index (χ0v) is 12.2. The summed E-state index contributed by atoms with van der Waals surface area (Å²) in [7, 11) is 0. The van der Waals surface area contributed by atoms with Crippen molar-refractivity contribution in [3.8, 4) is 0 Å². The second-order valence-corrected chi connectivity index (χ2v) is 6.04. The predicted molar refractivity (Wildman–Crippen MR) is 76.5 cm³/mol. The van der Waals surface area contributed by atoms with E-state index in [0.29, 0.717) is 32.1 Å². The van der Waals surface area contributed by atoms with E-state index in [2.05, 4.69) is 0 Å². The van der Waals surface area contributed by atoms with Gasteiger partial charge in [-0.25, -0.2) is 0 Å². The molecule has 0 unspecified atom stereocenters. The number of amides is 1. The molecule has 1 saturated carbocycles. The summed E-state index contributed by atoms with van der Waals surface area (Å²) >= 11 is 0. The van der Waals surface area contributed by atoms with Gasteiger partial charge in [-0.2, -0.15) is 0 Å². The first-order valence-corrected chi connectivity index (χ1v) is 7.90. The molecule has 1 heterocycles. The average molecular weight is 282 g/mol. The minimum Gasteiger partial charge on any atom is -0.480 e. The largest absolute Gasteiger partial charge is 0.480 e. The van der Waals surface area contributed by atoms with Gasteiger partial charge < -0.3 is 10.0 Å². The lowest BCUT2D eigenvalue weighted by Gasteiger charge is -2.36. The first kappa shape index (κ1) is 15.3. The van der Waals surface area contributed by atoms with Crippen LogP contribution in [0.15, 0.2) is 0 Å². The molecule has 1 N–H and O–H groups in total. The Morgan fingerprint density at radius 3 is 2.00 bits per heavy atom. The maximum Gasteiger partial charge on any atom is 0.317 e. The highest BCUT2D eigenvalue weighted by molar-refractivity contribution is 5.79. The van der Waals surface area contributed by atoms with Gasteiger partial charge in [-0.3, -0.25) is 14.5 Å². The van der Waals surface area contributed by atoms with Crippen LogP contribution in [-0.4, -0.2) is 59.5 Å². The molecule has 5 nitrogen and oxygen atoms in total. The molecule has 5 heteroatoms. The first-order valence-electron chi connectivity index (χ1n) is 7.90. The zero-order valence-electron chi connectivity index (χ0n) is 12.2. The summed E-state index contributed by atoms with van der Waals surface area (Å²) in [5.41, 5.74) is 0. The predicted octanol–water partition coefficient (Wildman–Crippen LogP) is 1.58. The highest BCUT2D eigenvalue weighted by Gasteiger charge is 2.27. The fraction of sp³-hybridized carbons (Fsp3) is 0.867. The smallest absolute Gasteiger partial charge is 0.317 e. The van der Waals surface area contributed by atoms with Gasteiger partial charge in [0.2, 0.25) is 5.91 Å². The van der Waals surface area contributed by atoms with E-state index >= 15 is 0 Å². The molecule has 0 atom stereocenters. The minimum atomic E-state index is -0.787. The number of carboxylic acids is 1. The number of hydrogen-bond acceptors (Lipinski definition) is 3. The van der Waals surface area contributed by atoms with Gasteiger partial charge in [0, 0.05) is 32.1 Å². The molecule has 2 fully saturated rings. The normalized spacial score (nSPS) is 23.1. The molecule has 1 aliphatic carbocycles. The van der Waals surface area contributed by atoms with Crippen LogP contribution in [0.4, 0.5) is 0 Å². The van der Waals surface area contributed by atoms with E-state index in [1.54, 1.807) is 0 Å². The number of carbonyl (C=O) groups excluding carboxylic acids is 1. The van der Waals surface area contributed by atoms with Crippen LogP contribution >= 0.6 is 0 Å². The summed E-state index contributed by atoms with van der Waals surface area (Å²) < 4.78 is 0. The number of nitrogens with zero attached hydrogens (tertiary/aromatic N) is 2. The van der Waals surface area contributed by atoms with Crippen molar-refractivity contribution in [1.82, 2.24) is 9.80 Å². The standard InChI is InChI=1S/C15H26N2O3/c18-14(19)12-16-8-10-17(11-9-16)15(20)13-6-4-2-1-3-5-7-13/h13H,1-12H2,(H,18,19). The molecule has 1 amide bonds. The van der Waals surface area contributed by atoms with Gasteiger partial charge >= 0.3 is 5.97 Å². The van der Waals surface area contributed by atoms with Gasteiger partial charge in [0.1, 0.15) is 0 Å². The highest BCUT2D eigenvalue weighted by atomic mass is 16.4. The Labute approximate surface area is 120 Å². The summed E-state index contributed by atoms with van der Waals surface area (Å²) in [6, 6.07) is 0.